The first-order valence-electron chi connectivity index (χ1n) is 6.96. The second-order valence-corrected chi connectivity index (χ2v) is 6.33. The molecule has 2 N–H and O–H groups in total. The van der Waals surface area contributed by atoms with Gasteiger partial charge in [0.15, 0.2) is 23.4 Å². The molecular formula is C16H14O7S. The first-order chi connectivity index (χ1) is 11.4. The van der Waals surface area contributed by atoms with E-state index in [2.05, 4.69) is 4.74 Å². The zero-order chi connectivity index (χ0) is 17.4. The lowest BCUT2D eigenvalue weighted by molar-refractivity contribution is 0.0595. The Kier molecular flexibility index (Phi) is 4.16. The number of aliphatic hydroxyl groups is 1. The largest absolute Gasteiger partial charge is 0.506 e. The lowest BCUT2D eigenvalue weighted by Crippen LogP contribution is -2.11. The van der Waals surface area contributed by atoms with E-state index in [0.717, 1.165) is 11.3 Å². The molecule has 0 saturated carbocycles. The van der Waals surface area contributed by atoms with Crippen LogP contribution in [0, 0.1) is 6.92 Å². The highest BCUT2D eigenvalue weighted by atomic mass is 32.1. The molecule has 1 aromatic heterocycles. The van der Waals surface area contributed by atoms with Crippen molar-refractivity contribution in [2.75, 3.05) is 13.9 Å². The topological polar surface area (TPSA) is 102 Å². The lowest BCUT2D eigenvalue weighted by atomic mass is 10.0. The maximum absolute atomic E-state index is 12.5. The number of thiophene rings is 1. The normalized spacial score (nSPS) is 13.6. The SMILES string of the molecule is COC(=O)c1c(C)sc(C(O)C(=O)c2ccc3c(c2)OCO3)c1O. The quantitative estimate of drug-likeness (QED) is 0.644. The summed E-state index contributed by atoms with van der Waals surface area (Å²) >= 11 is 0.964. The van der Waals surface area contributed by atoms with Crippen molar-refractivity contribution in [1.82, 2.24) is 0 Å². The van der Waals surface area contributed by atoms with E-state index in [-0.39, 0.29) is 22.8 Å². The number of methoxy groups -OCH3 is 1. The summed E-state index contributed by atoms with van der Waals surface area (Å²) < 4.78 is 15.0. The molecule has 1 aromatic carbocycles. The van der Waals surface area contributed by atoms with Crippen molar-refractivity contribution >= 4 is 23.1 Å². The van der Waals surface area contributed by atoms with Gasteiger partial charge in [0.05, 0.1) is 12.0 Å². The van der Waals surface area contributed by atoms with Crippen LogP contribution in [0.15, 0.2) is 18.2 Å². The van der Waals surface area contributed by atoms with Crippen molar-refractivity contribution < 1.29 is 34.0 Å². The van der Waals surface area contributed by atoms with Gasteiger partial charge in [-0.15, -0.1) is 11.3 Å². The number of esters is 1. The van der Waals surface area contributed by atoms with Gasteiger partial charge in [0.1, 0.15) is 11.3 Å². The molecule has 0 radical (unpaired) electrons. The van der Waals surface area contributed by atoms with Gasteiger partial charge in [-0.05, 0) is 25.1 Å². The van der Waals surface area contributed by atoms with E-state index < -0.39 is 23.6 Å². The van der Waals surface area contributed by atoms with Crippen LogP contribution in [0.5, 0.6) is 17.2 Å². The molecular weight excluding hydrogens is 336 g/mol. The van der Waals surface area contributed by atoms with Gasteiger partial charge in [-0.3, -0.25) is 4.79 Å². The van der Waals surface area contributed by atoms with E-state index in [0.29, 0.717) is 16.4 Å². The Morgan fingerprint density at radius 2 is 2.00 bits per heavy atom. The molecule has 7 nitrogen and oxygen atoms in total. The molecule has 24 heavy (non-hydrogen) atoms. The summed E-state index contributed by atoms with van der Waals surface area (Å²) in [6.45, 7) is 1.67. The highest BCUT2D eigenvalue weighted by Gasteiger charge is 2.30. The standard InChI is InChI=1S/C16H14O7S/c1-7-11(16(20)21-2)13(18)15(24-7)14(19)12(17)8-3-4-9-10(5-8)23-6-22-9/h3-5,14,18-19H,6H2,1-2H3. The molecule has 0 saturated heterocycles. The number of ketones is 1. The Labute approximate surface area is 141 Å². The average molecular weight is 350 g/mol. The lowest BCUT2D eigenvalue weighted by Gasteiger charge is -2.09. The van der Waals surface area contributed by atoms with Crippen molar-refractivity contribution in [1.29, 1.82) is 0 Å². The minimum Gasteiger partial charge on any atom is -0.506 e. The Bertz CT molecular complexity index is 824. The molecule has 126 valence electrons. The number of aromatic hydroxyl groups is 1. The third kappa shape index (κ3) is 2.59. The number of aryl methyl sites for hydroxylation is 1. The molecule has 1 aliphatic heterocycles. The number of ether oxygens (including phenoxy) is 3. The Morgan fingerprint density at radius 1 is 1.29 bits per heavy atom. The van der Waals surface area contributed by atoms with Crippen LogP contribution in [0.4, 0.5) is 0 Å². The molecule has 0 bridgehead atoms. The minimum absolute atomic E-state index is 0.00410. The molecule has 1 unspecified atom stereocenters. The third-order valence-electron chi connectivity index (χ3n) is 3.63. The van der Waals surface area contributed by atoms with Gasteiger partial charge in [0.2, 0.25) is 6.79 Å². The van der Waals surface area contributed by atoms with E-state index >= 15 is 0 Å². The Morgan fingerprint density at radius 3 is 2.71 bits per heavy atom. The van der Waals surface area contributed by atoms with E-state index in [1.165, 1.54) is 19.2 Å². The van der Waals surface area contributed by atoms with E-state index in [1.807, 2.05) is 0 Å². The summed E-state index contributed by atoms with van der Waals surface area (Å²) in [4.78, 5) is 24.6. The molecule has 8 heteroatoms. The summed E-state index contributed by atoms with van der Waals surface area (Å²) in [5, 5.41) is 20.5. The molecule has 0 aliphatic carbocycles. The predicted molar refractivity (Wildman–Crippen MR) is 83.9 cm³/mol. The number of hydrogen-bond acceptors (Lipinski definition) is 8. The molecule has 1 atom stereocenters. The van der Waals surface area contributed by atoms with Crippen LogP contribution in [-0.4, -0.2) is 35.9 Å². The van der Waals surface area contributed by atoms with Crippen LogP contribution < -0.4 is 9.47 Å². The molecule has 0 fully saturated rings. The fraction of sp³-hybridized carbons (Fsp3) is 0.250. The van der Waals surface area contributed by atoms with Crippen molar-refractivity contribution in [3.8, 4) is 17.2 Å². The average Bonchev–Trinajstić information content (AvgIpc) is 3.16. The van der Waals surface area contributed by atoms with Crippen LogP contribution in [0.3, 0.4) is 0 Å². The van der Waals surface area contributed by atoms with E-state index in [1.54, 1.807) is 13.0 Å². The maximum Gasteiger partial charge on any atom is 0.342 e. The number of carbonyl (C=O) groups excluding carboxylic acids is 2. The van der Waals surface area contributed by atoms with Gasteiger partial charge < -0.3 is 24.4 Å². The van der Waals surface area contributed by atoms with Gasteiger partial charge >= 0.3 is 5.97 Å². The molecule has 3 rings (SSSR count). The maximum atomic E-state index is 12.5. The zero-order valence-corrected chi connectivity index (χ0v) is 13.7. The molecule has 0 amide bonds. The van der Waals surface area contributed by atoms with Gasteiger partial charge in [-0.25, -0.2) is 4.79 Å². The van der Waals surface area contributed by atoms with Crippen LogP contribution in [0.2, 0.25) is 0 Å². The van der Waals surface area contributed by atoms with Crippen molar-refractivity contribution in [3.05, 3.63) is 39.1 Å². The predicted octanol–water partition coefficient (Wildman–Crippen LogP) is 2.19. The number of carbonyl (C=O) groups is 2. The van der Waals surface area contributed by atoms with Gasteiger partial charge in [-0.2, -0.15) is 0 Å². The van der Waals surface area contributed by atoms with Crippen LogP contribution >= 0.6 is 11.3 Å². The van der Waals surface area contributed by atoms with Crippen LogP contribution in [0.1, 0.15) is 36.6 Å². The highest BCUT2D eigenvalue weighted by molar-refractivity contribution is 7.12. The number of benzene rings is 1. The third-order valence-corrected chi connectivity index (χ3v) is 4.78. The summed E-state index contributed by atoms with van der Waals surface area (Å²) in [5.41, 5.74) is 0.159. The summed E-state index contributed by atoms with van der Waals surface area (Å²) in [7, 11) is 1.19. The molecule has 2 aromatic rings. The molecule has 1 aliphatic rings. The van der Waals surface area contributed by atoms with Crippen molar-refractivity contribution in [2.45, 2.75) is 13.0 Å². The monoisotopic (exact) mass is 350 g/mol. The first kappa shape index (κ1) is 16.3. The molecule has 0 spiro atoms. The zero-order valence-electron chi connectivity index (χ0n) is 12.9. The second-order valence-electron chi connectivity index (χ2n) is 5.07. The van der Waals surface area contributed by atoms with E-state index in [9.17, 15) is 19.8 Å². The second kappa shape index (κ2) is 6.14. The number of fused-ring (bicyclic) bond motifs is 1. The summed E-state index contributed by atoms with van der Waals surface area (Å²) in [6.07, 6.45) is -1.60. The Hall–Kier alpha value is -2.58. The number of Topliss-reactive ketones (excluding diaryl/α,β-unsaturated/α-hetero) is 1. The highest BCUT2D eigenvalue weighted by Crippen LogP contribution is 2.40. The molecule has 2 heterocycles. The van der Waals surface area contributed by atoms with Gasteiger partial charge in [-0.1, -0.05) is 0 Å². The van der Waals surface area contributed by atoms with Crippen LogP contribution in [0.25, 0.3) is 0 Å². The van der Waals surface area contributed by atoms with Gasteiger partial charge in [0.25, 0.3) is 0 Å². The van der Waals surface area contributed by atoms with Crippen molar-refractivity contribution in [3.63, 3.8) is 0 Å². The smallest absolute Gasteiger partial charge is 0.342 e. The fourth-order valence-corrected chi connectivity index (χ4v) is 3.44. The summed E-state index contributed by atoms with van der Waals surface area (Å²) in [6, 6.07) is 4.53. The van der Waals surface area contributed by atoms with E-state index in [4.69, 9.17) is 9.47 Å². The fourth-order valence-electron chi connectivity index (χ4n) is 2.41. The minimum atomic E-state index is -1.60. The first-order valence-corrected chi connectivity index (χ1v) is 7.78. The summed E-state index contributed by atoms with van der Waals surface area (Å²) in [5.74, 6) is -0.860. The number of rotatable bonds is 4. The van der Waals surface area contributed by atoms with Crippen molar-refractivity contribution in [2.24, 2.45) is 0 Å². The number of hydrogen-bond donors (Lipinski definition) is 2. The number of aliphatic hydroxyl groups excluding tert-OH is 1. The van der Waals surface area contributed by atoms with Gasteiger partial charge in [0, 0.05) is 10.4 Å². The Balaban J connectivity index is 1.93. The van der Waals surface area contributed by atoms with Crippen LogP contribution in [-0.2, 0) is 4.74 Å².